The lowest BCUT2D eigenvalue weighted by Gasteiger charge is -2.29. The molecule has 120 valence electrons. The minimum Gasteiger partial charge on any atom is -0.304 e. The van der Waals surface area contributed by atoms with Crippen molar-refractivity contribution in [2.75, 3.05) is 4.90 Å². The second kappa shape index (κ2) is 5.99. The molecule has 3 amide bonds. The molecule has 0 aliphatic carbocycles. The van der Waals surface area contributed by atoms with Gasteiger partial charge in [-0.2, -0.15) is 4.99 Å². The summed E-state index contributed by atoms with van der Waals surface area (Å²) < 4.78 is 0. The highest BCUT2D eigenvalue weighted by atomic mass is 32.2. The molecule has 2 aliphatic rings. The van der Waals surface area contributed by atoms with Crippen LogP contribution >= 0.6 is 23.5 Å². The van der Waals surface area contributed by atoms with Gasteiger partial charge < -0.3 is 5.32 Å². The number of hydrogen-bond acceptors (Lipinski definition) is 4. The third kappa shape index (κ3) is 2.59. The first kappa shape index (κ1) is 15.3. The Morgan fingerprint density at radius 3 is 2.21 bits per heavy atom. The van der Waals surface area contributed by atoms with Crippen molar-refractivity contribution < 1.29 is 9.59 Å². The van der Waals surface area contributed by atoms with Crippen LogP contribution in [-0.4, -0.2) is 22.4 Å². The SMILES string of the molecule is CC1S/C(=N\C(=O)N2c3ccccc3Sc3ccccc32)NC1=O. The molecule has 1 N–H and O–H groups in total. The van der Waals surface area contributed by atoms with Crippen molar-refractivity contribution in [1.82, 2.24) is 5.32 Å². The zero-order valence-electron chi connectivity index (χ0n) is 12.7. The molecule has 0 aromatic heterocycles. The topological polar surface area (TPSA) is 61.8 Å². The molecule has 1 unspecified atom stereocenters. The number of amidine groups is 1. The Kier molecular flexibility index (Phi) is 3.82. The van der Waals surface area contributed by atoms with Crippen LogP contribution < -0.4 is 10.2 Å². The summed E-state index contributed by atoms with van der Waals surface area (Å²) in [5.41, 5.74) is 1.61. The molecule has 0 spiro atoms. The van der Waals surface area contributed by atoms with E-state index in [0.717, 1.165) is 21.2 Å². The second-order valence-corrected chi connectivity index (χ2v) is 7.74. The van der Waals surface area contributed by atoms with Crippen molar-refractivity contribution in [3.63, 3.8) is 0 Å². The van der Waals surface area contributed by atoms with Crippen LogP contribution in [0.1, 0.15) is 6.92 Å². The number of rotatable bonds is 0. The number of carbonyl (C=O) groups excluding carboxylic acids is 2. The number of para-hydroxylation sites is 2. The number of fused-ring (bicyclic) bond motifs is 2. The zero-order chi connectivity index (χ0) is 16.7. The first-order valence-electron chi connectivity index (χ1n) is 7.40. The van der Waals surface area contributed by atoms with Gasteiger partial charge in [0.15, 0.2) is 5.17 Å². The number of thioether (sulfide) groups is 1. The minimum absolute atomic E-state index is 0.124. The first-order valence-corrected chi connectivity index (χ1v) is 9.09. The number of amides is 3. The second-order valence-electron chi connectivity index (χ2n) is 5.32. The summed E-state index contributed by atoms with van der Waals surface area (Å²) >= 11 is 2.90. The van der Waals surface area contributed by atoms with Crippen molar-refractivity contribution in [2.45, 2.75) is 22.0 Å². The van der Waals surface area contributed by atoms with E-state index >= 15 is 0 Å². The molecule has 5 nitrogen and oxygen atoms in total. The molecular formula is C17H13N3O2S2. The fraction of sp³-hybridized carbons (Fsp3) is 0.118. The molecule has 2 aliphatic heterocycles. The van der Waals surface area contributed by atoms with E-state index in [0.29, 0.717) is 5.17 Å². The molecule has 0 saturated carbocycles. The minimum atomic E-state index is -0.410. The van der Waals surface area contributed by atoms with Gasteiger partial charge in [-0.05, 0) is 31.2 Å². The van der Waals surface area contributed by atoms with Crippen LogP contribution in [0, 0.1) is 0 Å². The third-order valence-corrected chi connectivity index (χ3v) is 5.82. The van der Waals surface area contributed by atoms with E-state index < -0.39 is 6.03 Å². The monoisotopic (exact) mass is 355 g/mol. The normalized spacial score (nSPS) is 20.5. The van der Waals surface area contributed by atoms with Crippen molar-refractivity contribution in [2.24, 2.45) is 4.99 Å². The van der Waals surface area contributed by atoms with Gasteiger partial charge in [-0.25, -0.2) is 4.79 Å². The molecule has 1 fully saturated rings. The highest BCUT2D eigenvalue weighted by molar-refractivity contribution is 8.15. The van der Waals surface area contributed by atoms with Gasteiger partial charge in [-0.1, -0.05) is 47.8 Å². The summed E-state index contributed by atoms with van der Waals surface area (Å²) in [5, 5.41) is 2.77. The lowest BCUT2D eigenvalue weighted by molar-refractivity contribution is -0.118. The molecule has 24 heavy (non-hydrogen) atoms. The van der Waals surface area contributed by atoms with Gasteiger partial charge in [-0.3, -0.25) is 9.69 Å². The maximum Gasteiger partial charge on any atom is 0.355 e. The maximum atomic E-state index is 12.9. The molecule has 0 bridgehead atoms. The van der Waals surface area contributed by atoms with E-state index in [2.05, 4.69) is 10.3 Å². The largest absolute Gasteiger partial charge is 0.355 e. The highest BCUT2D eigenvalue weighted by Gasteiger charge is 2.31. The smallest absolute Gasteiger partial charge is 0.304 e. The van der Waals surface area contributed by atoms with Crippen molar-refractivity contribution >= 4 is 52.0 Å². The number of anilines is 2. The lowest BCUT2D eigenvalue weighted by atomic mass is 10.2. The Balaban J connectivity index is 1.76. The Morgan fingerprint density at radius 2 is 1.67 bits per heavy atom. The molecule has 1 atom stereocenters. The van der Waals surface area contributed by atoms with Crippen LogP contribution in [0.4, 0.5) is 16.2 Å². The number of nitrogens with one attached hydrogen (secondary N) is 1. The van der Waals surface area contributed by atoms with Gasteiger partial charge in [0.2, 0.25) is 5.91 Å². The Labute approximate surface area is 147 Å². The number of nitrogens with zero attached hydrogens (tertiary/aromatic N) is 2. The summed E-state index contributed by atoms with van der Waals surface area (Å²) in [4.78, 5) is 32.2. The predicted molar refractivity (Wildman–Crippen MR) is 97.2 cm³/mol. The average molecular weight is 355 g/mol. The van der Waals surface area contributed by atoms with E-state index in [1.807, 2.05) is 48.5 Å². The van der Waals surface area contributed by atoms with Crippen molar-refractivity contribution in [1.29, 1.82) is 0 Å². The molecule has 1 saturated heterocycles. The number of benzene rings is 2. The van der Waals surface area contributed by atoms with E-state index in [4.69, 9.17) is 0 Å². The summed E-state index contributed by atoms with van der Waals surface area (Å²) in [7, 11) is 0. The van der Waals surface area contributed by atoms with Crippen molar-refractivity contribution in [3.05, 3.63) is 48.5 Å². The Morgan fingerprint density at radius 1 is 1.08 bits per heavy atom. The fourth-order valence-electron chi connectivity index (χ4n) is 2.56. The standard InChI is InChI=1S/C17H13N3O2S2/c1-10-15(21)18-16(23-10)19-17(22)20-11-6-2-4-8-13(11)24-14-9-5-3-7-12(14)20/h2-10H,1H3,(H,18,19,21,22). The lowest BCUT2D eigenvalue weighted by Crippen LogP contribution is -2.29. The molecule has 0 radical (unpaired) electrons. The van der Waals surface area contributed by atoms with Crippen LogP contribution in [-0.2, 0) is 4.79 Å². The third-order valence-electron chi connectivity index (χ3n) is 3.71. The average Bonchev–Trinajstić information content (AvgIpc) is 2.89. The van der Waals surface area contributed by atoms with Gasteiger partial charge in [0.25, 0.3) is 0 Å². The number of carbonyl (C=O) groups is 2. The van der Waals surface area contributed by atoms with Gasteiger partial charge in [0, 0.05) is 9.79 Å². The molecule has 4 rings (SSSR count). The number of urea groups is 1. The summed E-state index contributed by atoms with van der Waals surface area (Å²) in [6.45, 7) is 1.79. The molecule has 2 heterocycles. The van der Waals surface area contributed by atoms with Crippen LogP contribution in [0.25, 0.3) is 0 Å². The Bertz CT molecular complexity index is 836. The van der Waals surface area contributed by atoms with Gasteiger partial charge in [0.1, 0.15) is 0 Å². The molecule has 2 aromatic rings. The molecule has 2 aromatic carbocycles. The highest BCUT2D eigenvalue weighted by Crippen LogP contribution is 2.48. The van der Waals surface area contributed by atoms with Crippen LogP contribution in [0.3, 0.4) is 0 Å². The predicted octanol–water partition coefficient (Wildman–Crippen LogP) is 4.02. The van der Waals surface area contributed by atoms with Crippen molar-refractivity contribution in [3.8, 4) is 0 Å². The first-order chi connectivity index (χ1) is 11.6. The maximum absolute atomic E-state index is 12.9. The number of hydrogen-bond donors (Lipinski definition) is 1. The Hall–Kier alpha value is -2.25. The van der Waals surface area contributed by atoms with E-state index in [9.17, 15) is 9.59 Å². The summed E-state index contributed by atoms with van der Waals surface area (Å²) in [5.74, 6) is -0.124. The van der Waals surface area contributed by atoms with Gasteiger partial charge in [-0.15, -0.1) is 0 Å². The fourth-order valence-corrected chi connectivity index (χ4v) is 4.41. The molecular weight excluding hydrogens is 342 g/mol. The summed E-state index contributed by atoms with van der Waals surface area (Å²) in [6, 6.07) is 15.1. The quantitative estimate of drug-likeness (QED) is 0.775. The molecule has 7 heteroatoms. The van der Waals surface area contributed by atoms with E-state index in [1.165, 1.54) is 11.8 Å². The van der Waals surface area contributed by atoms with Gasteiger partial charge in [0.05, 0.1) is 16.6 Å². The van der Waals surface area contributed by atoms with Crippen LogP contribution in [0.5, 0.6) is 0 Å². The number of aliphatic imine (C=N–C) groups is 1. The van der Waals surface area contributed by atoms with E-state index in [1.54, 1.807) is 23.6 Å². The van der Waals surface area contributed by atoms with Gasteiger partial charge >= 0.3 is 6.03 Å². The summed E-state index contributed by atoms with van der Waals surface area (Å²) in [6.07, 6.45) is 0. The zero-order valence-corrected chi connectivity index (χ0v) is 14.4. The van der Waals surface area contributed by atoms with Crippen LogP contribution in [0.2, 0.25) is 0 Å². The van der Waals surface area contributed by atoms with E-state index in [-0.39, 0.29) is 11.2 Å². The van der Waals surface area contributed by atoms with Crippen LogP contribution in [0.15, 0.2) is 63.3 Å².